The number of aromatic hydroxyl groups is 1. The summed E-state index contributed by atoms with van der Waals surface area (Å²) >= 11 is 0. The van der Waals surface area contributed by atoms with Crippen LogP contribution in [0.4, 0.5) is 0 Å². The van der Waals surface area contributed by atoms with Crippen LogP contribution in [-0.4, -0.2) is 79.6 Å². The first kappa shape index (κ1) is 41.7. The molecule has 1 aromatic carbocycles. The van der Waals surface area contributed by atoms with Gasteiger partial charge in [-0.3, -0.25) is 0 Å². The summed E-state index contributed by atoms with van der Waals surface area (Å²) in [7, 11) is 3.27. The lowest BCUT2D eigenvalue weighted by Crippen LogP contribution is -2.43. The normalized spacial score (nSPS) is 36.3. The predicted molar refractivity (Wildman–Crippen MR) is 233 cm³/mol. The molecule has 2 aliphatic heterocycles. The number of hydrogen-bond donors (Lipinski definition) is 8. The van der Waals surface area contributed by atoms with Gasteiger partial charge in [0, 0.05) is 71.2 Å². The molecule has 9 N–H and O–H groups in total. The van der Waals surface area contributed by atoms with Crippen LogP contribution in [0.2, 0.25) is 0 Å². The van der Waals surface area contributed by atoms with Gasteiger partial charge in [-0.05, 0) is 110 Å². The molecule has 58 heavy (non-hydrogen) atoms. The van der Waals surface area contributed by atoms with E-state index < -0.39 is 36.3 Å². The molecule has 2 saturated carbocycles. The van der Waals surface area contributed by atoms with Crippen molar-refractivity contribution in [2.24, 2.45) is 46.2 Å². The molecule has 1 aromatic heterocycles. The zero-order chi connectivity index (χ0) is 40.4. The van der Waals surface area contributed by atoms with Gasteiger partial charge < -0.3 is 46.3 Å². The van der Waals surface area contributed by atoms with E-state index in [0.717, 1.165) is 54.5 Å². The van der Waals surface area contributed by atoms with Crippen molar-refractivity contribution in [3.63, 3.8) is 0 Å². The second-order valence-electron chi connectivity index (χ2n) is 18.1. The highest BCUT2D eigenvalue weighted by atomic mass is 33.1. The summed E-state index contributed by atoms with van der Waals surface area (Å²) in [6.07, 6.45) is 16.6. The average molecular weight is 830 g/mol. The summed E-state index contributed by atoms with van der Waals surface area (Å²) in [5.74, 6) is 8.38. The molecule has 1 saturated heterocycles. The minimum Gasteiger partial charge on any atom is -0.504 e. The average Bonchev–Trinajstić information content (AvgIpc) is 3.86. The number of allylic oxidation sites excluding steroid dienone is 3. The number of nitrogens with two attached hydrogens (primary N) is 1. The lowest BCUT2D eigenvalue weighted by molar-refractivity contribution is -0.0466. The molecule has 0 radical (unpaired) electrons. The van der Waals surface area contributed by atoms with Crippen molar-refractivity contribution in [3.05, 3.63) is 83.0 Å². The van der Waals surface area contributed by atoms with Crippen LogP contribution in [-0.2, 0) is 6.42 Å². The smallest absolute Gasteiger partial charge is 0.161 e. The number of hydrogen-bond acceptors (Lipinski definition) is 10. The fraction of sp³-hybridized carbons (Fsp3) is 0.617. The van der Waals surface area contributed by atoms with E-state index >= 15 is 0 Å². The summed E-state index contributed by atoms with van der Waals surface area (Å²) in [6, 6.07) is 9.38. The molecule has 11 heteroatoms. The number of aliphatic hydroxyl groups is 4. The maximum Gasteiger partial charge on any atom is 0.161 e. The summed E-state index contributed by atoms with van der Waals surface area (Å²) in [5, 5.41) is 61.5. The van der Waals surface area contributed by atoms with Crippen molar-refractivity contribution in [1.82, 2.24) is 10.3 Å². The van der Waals surface area contributed by atoms with Crippen LogP contribution >= 0.6 is 21.6 Å². The topological polar surface area (TPSA) is 164 Å². The Morgan fingerprint density at radius 3 is 2.64 bits per heavy atom. The zero-order valence-electron chi connectivity index (χ0n) is 33.8. The molecule has 0 amide bonds. The minimum atomic E-state index is -1.02. The van der Waals surface area contributed by atoms with E-state index in [0.29, 0.717) is 43.1 Å². The lowest BCUT2D eigenvalue weighted by Gasteiger charge is -2.46. The molecule has 1 spiro atoms. The van der Waals surface area contributed by atoms with Gasteiger partial charge in [-0.1, -0.05) is 83.9 Å². The molecule has 0 unspecified atom stereocenters. The van der Waals surface area contributed by atoms with E-state index in [9.17, 15) is 25.5 Å². The molecule has 9 nitrogen and oxygen atoms in total. The largest absolute Gasteiger partial charge is 0.504 e. The van der Waals surface area contributed by atoms with Crippen LogP contribution < -0.4 is 15.8 Å². The second kappa shape index (κ2) is 17.9. The fourth-order valence-electron chi connectivity index (χ4n) is 11.7. The summed E-state index contributed by atoms with van der Waals surface area (Å²) in [4.78, 5) is 3.35. The summed E-state index contributed by atoms with van der Waals surface area (Å²) in [6.45, 7) is 2.70. The minimum absolute atomic E-state index is 0.0436. The van der Waals surface area contributed by atoms with Crippen LogP contribution in [0.3, 0.4) is 0 Å². The molecule has 4 aliphatic carbocycles. The third-order valence-corrected chi connectivity index (χ3v) is 17.4. The number of nitrogens with one attached hydrogen (secondary N) is 2. The van der Waals surface area contributed by atoms with Gasteiger partial charge in [0.15, 0.2) is 11.5 Å². The maximum atomic E-state index is 12.2. The van der Waals surface area contributed by atoms with E-state index in [2.05, 4.69) is 53.4 Å². The van der Waals surface area contributed by atoms with Crippen LogP contribution in [0.15, 0.2) is 71.7 Å². The highest BCUT2D eigenvalue weighted by Gasteiger charge is 2.55. The van der Waals surface area contributed by atoms with Crippen LogP contribution in [0.5, 0.6) is 11.5 Å². The van der Waals surface area contributed by atoms with Crippen molar-refractivity contribution in [2.75, 3.05) is 24.7 Å². The van der Waals surface area contributed by atoms with Crippen molar-refractivity contribution in [3.8, 4) is 23.3 Å². The number of H-pyrrole nitrogens is 1. The monoisotopic (exact) mass is 829 g/mol. The molecular weight excluding hydrogens is 767 g/mol. The van der Waals surface area contributed by atoms with Crippen molar-refractivity contribution >= 4 is 21.6 Å². The maximum absolute atomic E-state index is 12.2. The Morgan fingerprint density at radius 1 is 1.02 bits per heavy atom. The number of benzene rings is 1. The van der Waals surface area contributed by atoms with Crippen molar-refractivity contribution in [2.45, 2.75) is 114 Å². The van der Waals surface area contributed by atoms with Crippen LogP contribution in [0.25, 0.3) is 0 Å². The van der Waals surface area contributed by atoms with E-state index in [1.807, 2.05) is 24.4 Å². The Labute approximate surface area is 352 Å². The number of phenolic OH excluding ortho intramolecular Hbond substituents is 1. The highest BCUT2D eigenvalue weighted by molar-refractivity contribution is 8.76. The Balaban J connectivity index is 1.11. The fourth-order valence-corrected chi connectivity index (χ4v) is 14.3. The molecule has 3 heterocycles. The zero-order valence-corrected chi connectivity index (χ0v) is 35.5. The van der Waals surface area contributed by atoms with Gasteiger partial charge in [0.05, 0.1) is 18.3 Å². The first-order valence-electron chi connectivity index (χ1n) is 21.8. The van der Waals surface area contributed by atoms with Gasteiger partial charge in [-0.15, -0.1) is 0 Å². The third-order valence-electron chi connectivity index (χ3n) is 15.0. The van der Waals surface area contributed by atoms with E-state index in [1.165, 1.54) is 25.7 Å². The quantitative estimate of drug-likeness (QED) is 0.0834. The van der Waals surface area contributed by atoms with Gasteiger partial charge in [-0.2, -0.15) is 0 Å². The van der Waals surface area contributed by atoms with Gasteiger partial charge in [0.1, 0.15) is 11.9 Å². The number of aliphatic hydroxyl groups excluding tert-OH is 4. The standard InChI is InChI=1S/C47H63N3O6S2/c1-2-46-17-5-7-32(25-47(46)15-3-4-16-47)44(55)42-29(13-18-46)9-10-30(22-39(42)53)31-11-12-38(52)40(23-31)56-41-24-33(21-35-8-6-19-49-35)36-14-20-50-45(48)37(36)28-58-57-27-34(26-51)43(41)54/h6,8-12,14,19,23,29-30,32-34,39,41-44,49-55H,2-5,7,15-17,20-22,24-28,48H2,1H3/t29-,30+,32-,33-,34-,39+,41+,42-,43+,44-,46-/m0/s1. The first-order valence-corrected chi connectivity index (χ1v) is 24.3. The van der Waals surface area contributed by atoms with Gasteiger partial charge in [0.2, 0.25) is 0 Å². The van der Waals surface area contributed by atoms with Crippen molar-refractivity contribution in [1.29, 1.82) is 0 Å². The Morgan fingerprint density at radius 2 is 1.86 bits per heavy atom. The molecule has 314 valence electrons. The first-order chi connectivity index (χ1) is 28.1. The third kappa shape index (κ3) is 8.23. The number of aromatic amines is 1. The SMILES string of the molecule is CC[C@@]12C#C[C@@H]3C=C[C@@H](c4ccc(O)c(O[C@@H]5C[C@H](Cc6ccc[nH]6)C6=CCNC(N)=C6CSSC[C@H](CO)[C@H]5O)c4)C[C@@H](O)[C@H]3[C@@H](O)[C@@H](CCC1)CC21CCCC1. The number of rotatable bonds is 7. The Kier molecular flexibility index (Phi) is 12.9. The summed E-state index contributed by atoms with van der Waals surface area (Å²) in [5.41, 5.74) is 10.8. The molecule has 2 aromatic rings. The Hall–Kier alpha value is -2.98. The van der Waals surface area contributed by atoms with E-state index in [-0.39, 0.29) is 52.6 Å². The molecule has 6 aliphatic rings. The van der Waals surface area contributed by atoms with Gasteiger partial charge in [-0.25, -0.2) is 0 Å². The molecule has 8 rings (SSSR count). The number of aromatic nitrogens is 1. The Bertz CT molecular complexity index is 1900. The van der Waals surface area contributed by atoms with Crippen LogP contribution in [0.1, 0.15) is 94.7 Å². The predicted octanol–water partition coefficient (Wildman–Crippen LogP) is 6.94. The lowest BCUT2D eigenvalue weighted by atomic mass is 9.57. The molecular formula is C47H63N3O6S2. The molecule has 11 atom stereocenters. The number of ether oxygens (including phenoxy) is 1. The van der Waals surface area contributed by atoms with Gasteiger partial charge >= 0.3 is 0 Å². The van der Waals surface area contributed by atoms with Crippen molar-refractivity contribution < 1.29 is 30.3 Å². The van der Waals surface area contributed by atoms with E-state index in [4.69, 9.17) is 10.5 Å². The highest BCUT2D eigenvalue weighted by Crippen LogP contribution is 2.62. The number of phenols is 1. The van der Waals surface area contributed by atoms with E-state index in [1.54, 1.807) is 27.7 Å². The van der Waals surface area contributed by atoms with Gasteiger partial charge in [0.25, 0.3) is 0 Å². The molecule has 2 bridgehead atoms. The summed E-state index contributed by atoms with van der Waals surface area (Å²) < 4.78 is 6.75. The number of fused-ring (bicyclic) bond motifs is 3. The second-order valence-corrected chi connectivity index (χ2v) is 20.6. The number of dihydropyridines is 1. The molecule has 3 fully saturated rings. The van der Waals surface area contributed by atoms with Crippen LogP contribution in [0, 0.1) is 52.3 Å².